The Balaban J connectivity index is 1.47. The highest BCUT2D eigenvalue weighted by Gasteiger charge is 2.27. The Morgan fingerprint density at radius 1 is 1.30 bits per heavy atom. The molecule has 0 radical (unpaired) electrons. The molecule has 0 bridgehead atoms. The lowest BCUT2D eigenvalue weighted by Gasteiger charge is -2.28. The van der Waals surface area contributed by atoms with Crippen molar-refractivity contribution in [3.63, 3.8) is 0 Å². The summed E-state index contributed by atoms with van der Waals surface area (Å²) < 4.78 is 6.24. The minimum atomic E-state index is 0.404. The van der Waals surface area contributed by atoms with Gasteiger partial charge in [-0.15, -0.1) is 0 Å². The van der Waals surface area contributed by atoms with E-state index < -0.39 is 0 Å². The van der Waals surface area contributed by atoms with Gasteiger partial charge in [-0.25, -0.2) is 0 Å². The number of hydrogen-bond donors (Lipinski definition) is 0. The van der Waals surface area contributed by atoms with Crippen molar-refractivity contribution in [2.24, 2.45) is 0 Å². The zero-order chi connectivity index (χ0) is 13.8. The summed E-state index contributed by atoms with van der Waals surface area (Å²) in [7, 11) is 0. The van der Waals surface area contributed by atoms with Gasteiger partial charge in [-0.05, 0) is 43.9 Å². The first kappa shape index (κ1) is 14.4. The summed E-state index contributed by atoms with van der Waals surface area (Å²) in [5.74, 6) is 2.57. The van der Waals surface area contributed by atoms with E-state index in [1.165, 1.54) is 43.0 Å². The minimum absolute atomic E-state index is 0.404. The van der Waals surface area contributed by atoms with Crippen LogP contribution in [0.3, 0.4) is 0 Å². The molecule has 110 valence electrons. The molecule has 2 fully saturated rings. The Morgan fingerprint density at radius 2 is 2.10 bits per heavy atom. The summed E-state index contributed by atoms with van der Waals surface area (Å²) >= 11 is 2.07. The molecule has 3 rings (SSSR count). The number of aromatic nitrogens is 1. The van der Waals surface area contributed by atoms with Gasteiger partial charge in [-0.1, -0.05) is 0 Å². The van der Waals surface area contributed by atoms with Crippen molar-refractivity contribution in [2.45, 2.75) is 38.4 Å². The first-order valence-corrected chi connectivity index (χ1v) is 8.82. The molecule has 3 heterocycles. The Labute approximate surface area is 126 Å². The van der Waals surface area contributed by atoms with Gasteiger partial charge in [0.15, 0.2) is 0 Å². The molecule has 3 nitrogen and oxygen atoms in total. The lowest BCUT2D eigenvalue weighted by Crippen LogP contribution is -2.38. The van der Waals surface area contributed by atoms with E-state index in [2.05, 4.69) is 40.7 Å². The van der Waals surface area contributed by atoms with Crippen molar-refractivity contribution in [3.8, 4) is 0 Å². The molecule has 0 amide bonds. The monoisotopic (exact) mass is 292 g/mol. The Bertz CT molecular complexity index is 434. The van der Waals surface area contributed by atoms with Crippen LogP contribution in [-0.2, 0) is 11.2 Å². The molecular weight excluding hydrogens is 268 g/mol. The standard InChI is InChI=1S/C16H24N2OS/c1-13-10-14(4-5-17-13)11-15-2-3-16(19-15)12-18-6-8-20-9-7-18/h4-5,10,15-16H,2-3,6-9,11-12H2,1H3/t15-,16+/m0/s1. The third-order valence-corrected chi connectivity index (χ3v) is 5.13. The predicted molar refractivity (Wildman–Crippen MR) is 84.3 cm³/mol. The second-order valence-corrected chi connectivity index (χ2v) is 7.10. The fourth-order valence-corrected chi connectivity index (χ4v) is 4.11. The van der Waals surface area contributed by atoms with Crippen LogP contribution in [-0.4, -0.2) is 53.2 Å². The average Bonchev–Trinajstić information content (AvgIpc) is 2.87. The maximum Gasteiger partial charge on any atom is 0.0706 e. The smallest absolute Gasteiger partial charge is 0.0706 e. The summed E-state index contributed by atoms with van der Waals surface area (Å²) in [5, 5.41) is 0. The van der Waals surface area contributed by atoms with Crippen molar-refractivity contribution < 1.29 is 4.74 Å². The third-order valence-electron chi connectivity index (χ3n) is 4.19. The number of thioether (sulfide) groups is 1. The first-order chi connectivity index (χ1) is 9.79. The zero-order valence-electron chi connectivity index (χ0n) is 12.3. The molecule has 2 aliphatic rings. The fourth-order valence-electron chi connectivity index (χ4n) is 3.13. The second kappa shape index (κ2) is 6.92. The van der Waals surface area contributed by atoms with Gasteiger partial charge in [0.05, 0.1) is 12.2 Å². The lowest BCUT2D eigenvalue weighted by atomic mass is 10.1. The van der Waals surface area contributed by atoms with Crippen LogP contribution in [0.15, 0.2) is 18.3 Å². The van der Waals surface area contributed by atoms with E-state index in [-0.39, 0.29) is 0 Å². The number of nitrogens with zero attached hydrogens (tertiary/aromatic N) is 2. The SMILES string of the molecule is Cc1cc(C[C@@H]2CC[C@H](CN3CCSCC3)O2)ccn1. The quantitative estimate of drug-likeness (QED) is 0.851. The summed E-state index contributed by atoms with van der Waals surface area (Å²) in [6.45, 7) is 5.65. The second-order valence-electron chi connectivity index (χ2n) is 5.88. The normalized spacial score (nSPS) is 27.9. The van der Waals surface area contributed by atoms with Crippen LogP contribution in [0.5, 0.6) is 0 Å². The van der Waals surface area contributed by atoms with E-state index >= 15 is 0 Å². The lowest BCUT2D eigenvalue weighted by molar-refractivity contribution is 0.0251. The fraction of sp³-hybridized carbons (Fsp3) is 0.688. The van der Waals surface area contributed by atoms with Crippen LogP contribution in [0.4, 0.5) is 0 Å². The topological polar surface area (TPSA) is 25.4 Å². The number of hydrogen-bond acceptors (Lipinski definition) is 4. The minimum Gasteiger partial charge on any atom is -0.373 e. The van der Waals surface area contributed by atoms with Gasteiger partial charge in [0.1, 0.15) is 0 Å². The van der Waals surface area contributed by atoms with Gasteiger partial charge in [-0.2, -0.15) is 11.8 Å². The molecule has 2 atom stereocenters. The van der Waals surface area contributed by atoms with Gasteiger partial charge >= 0.3 is 0 Å². The highest BCUT2D eigenvalue weighted by molar-refractivity contribution is 7.99. The van der Waals surface area contributed by atoms with E-state index in [9.17, 15) is 0 Å². The van der Waals surface area contributed by atoms with Crippen LogP contribution in [0.2, 0.25) is 0 Å². The van der Waals surface area contributed by atoms with Crippen molar-refractivity contribution in [1.29, 1.82) is 0 Å². The Morgan fingerprint density at radius 3 is 2.90 bits per heavy atom. The van der Waals surface area contributed by atoms with Crippen LogP contribution in [0.25, 0.3) is 0 Å². The van der Waals surface area contributed by atoms with E-state index in [4.69, 9.17) is 4.74 Å². The van der Waals surface area contributed by atoms with Gasteiger partial charge in [0, 0.05) is 43.0 Å². The number of aryl methyl sites for hydroxylation is 1. The highest BCUT2D eigenvalue weighted by Crippen LogP contribution is 2.24. The number of pyridine rings is 1. The molecule has 0 aromatic carbocycles. The highest BCUT2D eigenvalue weighted by atomic mass is 32.2. The molecule has 1 aromatic heterocycles. The van der Waals surface area contributed by atoms with Crippen LogP contribution in [0.1, 0.15) is 24.1 Å². The third kappa shape index (κ3) is 3.96. The molecule has 0 spiro atoms. The van der Waals surface area contributed by atoms with Crippen molar-refractivity contribution in [2.75, 3.05) is 31.1 Å². The molecule has 2 saturated heterocycles. The summed E-state index contributed by atoms with van der Waals surface area (Å²) in [4.78, 5) is 6.83. The first-order valence-electron chi connectivity index (χ1n) is 7.67. The van der Waals surface area contributed by atoms with Crippen LogP contribution in [0, 0.1) is 6.92 Å². The molecule has 20 heavy (non-hydrogen) atoms. The Kier molecular flexibility index (Phi) is 4.97. The maximum atomic E-state index is 6.24. The molecule has 2 aliphatic heterocycles. The molecule has 0 saturated carbocycles. The van der Waals surface area contributed by atoms with Gasteiger partial charge in [-0.3, -0.25) is 9.88 Å². The van der Waals surface area contributed by atoms with Gasteiger partial charge < -0.3 is 4.74 Å². The molecular formula is C16H24N2OS. The summed E-state index contributed by atoms with van der Waals surface area (Å²) in [5.41, 5.74) is 2.46. The van der Waals surface area contributed by atoms with E-state index in [0.717, 1.165) is 18.7 Å². The van der Waals surface area contributed by atoms with E-state index in [1.54, 1.807) is 0 Å². The van der Waals surface area contributed by atoms with Crippen LogP contribution < -0.4 is 0 Å². The molecule has 1 aromatic rings. The van der Waals surface area contributed by atoms with Crippen molar-refractivity contribution >= 4 is 11.8 Å². The largest absolute Gasteiger partial charge is 0.373 e. The van der Waals surface area contributed by atoms with Gasteiger partial charge in [0.25, 0.3) is 0 Å². The van der Waals surface area contributed by atoms with E-state index in [1.807, 2.05) is 6.20 Å². The summed E-state index contributed by atoms with van der Waals surface area (Å²) in [6.07, 6.45) is 6.22. The number of rotatable bonds is 4. The molecule has 4 heteroatoms. The zero-order valence-corrected chi connectivity index (χ0v) is 13.1. The number of ether oxygens (including phenoxy) is 1. The average molecular weight is 292 g/mol. The molecule has 0 unspecified atom stereocenters. The van der Waals surface area contributed by atoms with Crippen molar-refractivity contribution in [3.05, 3.63) is 29.6 Å². The molecule has 0 N–H and O–H groups in total. The Hall–Kier alpha value is -0.580. The van der Waals surface area contributed by atoms with Gasteiger partial charge in [0.2, 0.25) is 0 Å². The predicted octanol–water partition coefficient (Wildman–Crippen LogP) is 2.53. The summed E-state index contributed by atoms with van der Waals surface area (Å²) in [6, 6.07) is 4.30. The molecule has 0 aliphatic carbocycles. The van der Waals surface area contributed by atoms with Crippen molar-refractivity contribution in [1.82, 2.24) is 9.88 Å². The van der Waals surface area contributed by atoms with Crippen LogP contribution >= 0.6 is 11.8 Å². The van der Waals surface area contributed by atoms with E-state index in [0.29, 0.717) is 12.2 Å². The maximum absolute atomic E-state index is 6.24.